The lowest BCUT2D eigenvalue weighted by atomic mass is 10.1. The number of methoxy groups -OCH3 is 1. The van der Waals surface area contributed by atoms with Crippen LogP contribution in [0.1, 0.15) is 6.42 Å². The van der Waals surface area contributed by atoms with E-state index in [9.17, 15) is 9.59 Å². The van der Waals surface area contributed by atoms with Gasteiger partial charge in [0, 0.05) is 31.9 Å². The fourth-order valence-corrected chi connectivity index (χ4v) is 4.03. The Morgan fingerprint density at radius 2 is 1.69 bits per heavy atom. The van der Waals surface area contributed by atoms with Gasteiger partial charge in [-0.2, -0.15) is 0 Å². The molecular formula is C21H23ClN4O3. The molecule has 1 unspecified atom stereocenters. The van der Waals surface area contributed by atoms with Gasteiger partial charge in [0.05, 0.1) is 30.4 Å². The van der Waals surface area contributed by atoms with Gasteiger partial charge in [-0.05, 0) is 36.4 Å². The van der Waals surface area contributed by atoms with Crippen molar-refractivity contribution >= 4 is 34.9 Å². The lowest BCUT2D eigenvalue weighted by Crippen LogP contribution is -2.63. The zero-order valence-electron chi connectivity index (χ0n) is 16.2. The fraction of sp³-hybridized carbons (Fsp3) is 0.333. The van der Waals surface area contributed by atoms with E-state index in [1.54, 1.807) is 31.4 Å². The molecule has 0 aromatic heterocycles. The molecule has 29 heavy (non-hydrogen) atoms. The minimum Gasteiger partial charge on any atom is -0.497 e. The number of urea groups is 1. The van der Waals surface area contributed by atoms with Gasteiger partial charge in [-0.15, -0.1) is 0 Å². The van der Waals surface area contributed by atoms with Crippen LogP contribution in [-0.4, -0.2) is 56.3 Å². The molecule has 2 aliphatic rings. The van der Waals surface area contributed by atoms with E-state index in [2.05, 4.69) is 15.1 Å². The SMILES string of the molecule is COc1ccc(N2CCN(C3CC(=O)N(c4ccccc4Cl)C(=O)N3)CC2)cc1. The first-order valence-corrected chi connectivity index (χ1v) is 9.95. The number of ether oxygens (including phenoxy) is 1. The van der Waals surface area contributed by atoms with Gasteiger partial charge in [-0.3, -0.25) is 9.69 Å². The number of benzene rings is 2. The van der Waals surface area contributed by atoms with Crippen LogP contribution in [0.25, 0.3) is 0 Å². The molecule has 2 aliphatic heterocycles. The number of carbonyl (C=O) groups excluding carboxylic acids is 2. The summed E-state index contributed by atoms with van der Waals surface area (Å²) in [6.07, 6.45) is -0.0776. The van der Waals surface area contributed by atoms with Crippen LogP contribution in [0.4, 0.5) is 16.2 Å². The molecule has 3 amide bonds. The topological polar surface area (TPSA) is 65.1 Å². The Hall–Kier alpha value is -2.77. The van der Waals surface area contributed by atoms with Gasteiger partial charge in [-0.1, -0.05) is 23.7 Å². The van der Waals surface area contributed by atoms with Gasteiger partial charge in [0.15, 0.2) is 0 Å². The highest BCUT2D eigenvalue weighted by atomic mass is 35.5. The average molecular weight is 415 g/mol. The zero-order valence-corrected chi connectivity index (χ0v) is 16.9. The Bertz CT molecular complexity index is 879. The number of nitrogens with zero attached hydrogens (tertiary/aromatic N) is 3. The summed E-state index contributed by atoms with van der Waals surface area (Å²) in [5, 5.41) is 3.34. The number of nitrogens with one attached hydrogen (secondary N) is 1. The maximum atomic E-state index is 12.7. The minimum atomic E-state index is -0.433. The highest BCUT2D eigenvalue weighted by Gasteiger charge is 2.37. The summed E-state index contributed by atoms with van der Waals surface area (Å²) in [5.41, 5.74) is 1.55. The summed E-state index contributed by atoms with van der Waals surface area (Å²) < 4.78 is 5.21. The summed E-state index contributed by atoms with van der Waals surface area (Å²) >= 11 is 6.17. The van der Waals surface area contributed by atoms with Crippen molar-refractivity contribution in [2.45, 2.75) is 12.6 Å². The van der Waals surface area contributed by atoms with Crippen LogP contribution in [0.2, 0.25) is 5.02 Å². The number of amides is 3. The van der Waals surface area contributed by atoms with Crippen LogP contribution in [0, 0.1) is 0 Å². The Kier molecular flexibility index (Phi) is 5.60. The van der Waals surface area contributed by atoms with E-state index in [1.807, 2.05) is 24.3 Å². The van der Waals surface area contributed by atoms with Crippen molar-refractivity contribution in [1.82, 2.24) is 10.2 Å². The van der Waals surface area contributed by atoms with Crippen LogP contribution >= 0.6 is 11.6 Å². The summed E-state index contributed by atoms with van der Waals surface area (Å²) in [4.78, 5) is 30.9. The van der Waals surface area contributed by atoms with E-state index in [1.165, 1.54) is 0 Å². The van der Waals surface area contributed by atoms with Crippen molar-refractivity contribution < 1.29 is 14.3 Å². The Balaban J connectivity index is 1.38. The first-order valence-electron chi connectivity index (χ1n) is 9.58. The predicted octanol–water partition coefficient (Wildman–Crippen LogP) is 2.94. The molecule has 8 heteroatoms. The van der Waals surface area contributed by atoms with Crippen LogP contribution < -0.4 is 19.9 Å². The van der Waals surface area contributed by atoms with Crippen molar-refractivity contribution in [3.05, 3.63) is 53.6 Å². The van der Waals surface area contributed by atoms with E-state index >= 15 is 0 Å². The maximum absolute atomic E-state index is 12.7. The van der Waals surface area contributed by atoms with Gasteiger partial charge < -0.3 is 15.0 Å². The molecule has 0 radical (unpaired) electrons. The number of hydrogen-bond donors (Lipinski definition) is 1. The molecule has 7 nitrogen and oxygen atoms in total. The van der Waals surface area contributed by atoms with Crippen LogP contribution in [0.15, 0.2) is 48.5 Å². The van der Waals surface area contributed by atoms with Gasteiger partial charge in [0.25, 0.3) is 0 Å². The van der Waals surface area contributed by atoms with Crippen molar-refractivity contribution in [2.24, 2.45) is 0 Å². The second kappa shape index (κ2) is 8.31. The molecule has 0 spiro atoms. The Morgan fingerprint density at radius 1 is 1.00 bits per heavy atom. The van der Waals surface area contributed by atoms with Crippen molar-refractivity contribution in [1.29, 1.82) is 0 Å². The molecule has 4 rings (SSSR count). The third-order valence-electron chi connectivity index (χ3n) is 5.40. The van der Waals surface area contributed by atoms with Crippen molar-refractivity contribution in [2.75, 3.05) is 43.1 Å². The molecule has 0 bridgehead atoms. The lowest BCUT2D eigenvalue weighted by Gasteiger charge is -2.42. The summed E-state index contributed by atoms with van der Waals surface area (Å²) in [5.74, 6) is 0.586. The van der Waals surface area contributed by atoms with E-state index in [-0.39, 0.29) is 18.5 Å². The quantitative estimate of drug-likeness (QED) is 0.833. The molecule has 0 aliphatic carbocycles. The predicted molar refractivity (Wildman–Crippen MR) is 113 cm³/mol. The average Bonchev–Trinajstić information content (AvgIpc) is 2.75. The van der Waals surface area contributed by atoms with Gasteiger partial charge in [-0.25, -0.2) is 9.69 Å². The highest BCUT2D eigenvalue weighted by Crippen LogP contribution is 2.28. The molecule has 1 N–H and O–H groups in total. The number of hydrogen-bond acceptors (Lipinski definition) is 5. The largest absolute Gasteiger partial charge is 0.497 e. The zero-order chi connectivity index (χ0) is 20.4. The molecule has 0 saturated carbocycles. The monoisotopic (exact) mass is 414 g/mol. The number of rotatable bonds is 4. The van der Waals surface area contributed by atoms with E-state index in [0.717, 1.165) is 42.5 Å². The summed E-state index contributed by atoms with van der Waals surface area (Å²) in [6, 6.07) is 14.4. The van der Waals surface area contributed by atoms with E-state index in [0.29, 0.717) is 10.7 Å². The van der Waals surface area contributed by atoms with E-state index < -0.39 is 6.03 Å². The number of anilines is 2. The molecule has 2 fully saturated rings. The number of carbonyl (C=O) groups is 2. The lowest BCUT2D eigenvalue weighted by molar-refractivity contribution is -0.120. The second-order valence-corrected chi connectivity index (χ2v) is 7.48. The number of piperazine rings is 1. The minimum absolute atomic E-state index is 0.222. The van der Waals surface area contributed by atoms with Crippen LogP contribution in [0.5, 0.6) is 5.75 Å². The molecule has 2 heterocycles. The van der Waals surface area contributed by atoms with Gasteiger partial charge >= 0.3 is 6.03 Å². The smallest absolute Gasteiger partial charge is 0.330 e. The van der Waals surface area contributed by atoms with Crippen molar-refractivity contribution in [3.63, 3.8) is 0 Å². The maximum Gasteiger partial charge on any atom is 0.330 e. The molecule has 2 aromatic carbocycles. The first-order chi connectivity index (χ1) is 14.1. The third-order valence-corrected chi connectivity index (χ3v) is 5.72. The normalized spacial score (nSPS) is 20.6. The van der Waals surface area contributed by atoms with Crippen molar-refractivity contribution in [3.8, 4) is 5.75 Å². The molecule has 2 aromatic rings. The standard InChI is InChI=1S/C21H23ClN4O3/c1-29-16-8-6-15(7-9-16)24-10-12-25(13-11-24)19-14-20(27)26(21(28)23-19)18-5-3-2-4-17(18)22/h2-9,19H,10-14H2,1H3,(H,23,28). The van der Waals surface area contributed by atoms with Crippen LogP contribution in [-0.2, 0) is 4.79 Å². The fourth-order valence-electron chi connectivity index (χ4n) is 3.81. The summed E-state index contributed by atoms with van der Waals surface area (Å²) in [7, 11) is 1.65. The second-order valence-electron chi connectivity index (χ2n) is 7.07. The van der Waals surface area contributed by atoms with E-state index in [4.69, 9.17) is 16.3 Å². The highest BCUT2D eigenvalue weighted by molar-refractivity contribution is 6.35. The number of halogens is 1. The number of imide groups is 1. The molecule has 1 atom stereocenters. The molecular weight excluding hydrogens is 392 g/mol. The summed E-state index contributed by atoms with van der Waals surface area (Å²) in [6.45, 7) is 3.16. The first kappa shape index (κ1) is 19.5. The Labute approximate surface area is 174 Å². The Morgan fingerprint density at radius 3 is 2.31 bits per heavy atom. The molecule has 152 valence electrons. The molecule has 2 saturated heterocycles. The van der Waals surface area contributed by atoms with Crippen LogP contribution in [0.3, 0.4) is 0 Å². The van der Waals surface area contributed by atoms with Gasteiger partial charge in [0.2, 0.25) is 5.91 Å². The third kappa shape index (κ3) is 4.02. The van der Waals surface area contributed by atoms with Gasteiger partial charge in [0.1, 0.15) is 5.75 Å². The number of para-hydroxylation sites is 1.